The van der Waals surface area contributed by atoms with Gasteiger partial charge in [-0.2, -0.15) is 0 Å². The summed E-state index contributed by atoms with van der Waals surface area (Å²) in [6.45, 7) is 0.764. The van der Waals surface area contributed by atoms with E-state index < -0.39 is 0 Å². The predicted molar refractivity (Wildman–Crippen MR) is 41.7 cm³/mol. The minimum atomic E-state index is 0.764. The molecular formula is C7H10NP. The van der Waals surface area contributed by atoms with Gasteiger partial charge in [0.2, 0.25) is 0 Å². The molecule has 9 heavy (non-hydrogen) atoms. The van der Waals surface area contributed by atoms with Gasteiger partial charge in [0.1, 0.15) is 0 Å². The zero-order valence-corrected chi connectivity index (χ0v) is 6.14. The van der Waals surface area contributed by atoms with Crippen LogP contribution in [0.15, 0.2) is 24.0 Å². The lowest BCUT2D eigenvalue weighted by Gasteiger charge is -1.93. The Morgan fingerprint density at radius 3 is 2.89 bits per heavy atom. The van der Waals surface area contributed by atoms with Crippen LogP contribution in [0.1, 0.15) is 5.30 Å². The summed E-state index contributed by atoms with van der Waals surface area (Å²) in [6.07, 6.45) is 1.03. The van der Waals surface area contributed by atoms with Crippen LogP contribution in [0.3, 0.4) is 0 Å². The Bertz CT molecular complexity index is 162. The maximum atomic E-state index is 5.38. The fraction of sp³-hybridized carbons (Fsp3) is 0.286. The Labute approximate surface area is 57.0 Å². The van der Waals surface area contributed by atoms with E-state index in [-0.39, 0.29) is 0 Å². The van der Waals surface area contributed by atoms with E-state index in [1.54, 1.807) is 0 Å². The normalized spacial score (nSPS) is 10.3. The topological polar surface area (TPSA) is 26.0 Å². The highest BCUT2D eigenvalue weighted by Crippen LogP contribution is 2.11. The van der Waals surface area contributed by atoms with Crippen molar-refractivity contribution in [3.05, 3.63) is 29.3 Å². The molecule has 0 spiro atoms. The van der Waals surface area contributed by atoms with Gasteiger partial charge in [0.25, 0.3) is 0 Å². The SMILES string of the molecule is NCCc1ccccp1. The second kappa shape index (κ2) is 3.60. The van der Waals surface area contributed by atoms with Crippen molar-refractivity contribution >= 4 is 8.19 Å². The molecule has 0 aliphatic carbocycles. The molecule has 0 aromatic carbocycles. The van der Waals surface area contributed by atoms with Gasteiger partial charge in [0, 0.05) is 0 Å². The molecule has 1 aromatic rings. The van der Waals surface area contributed by atoms with Crippen LogP contribution in [-0.2, 0) is 6.42 Å². The second-order valence-electron chi connectivity index (χ2n) is 1.86. The first-order valence-corrected chi connectivity index (χ1v) is 4.00. The molecule has 1 heterocycles. The molecule has 1 nitrogen and oxygen atoms in total. The lowest BCUT2D eigenvalue weighted by atomic mass is 10.3. The van der Waals surface area contributed by atoms with Gasteiger partial charge in [-0.25, -0.2) is 0 Å². The minimum absolute atomic E-state index is 0.764. The molecule has 0 amide bonds. The van der Waals surface area contributed by atoms with E-state index in [1.807, 2.05) is 0 Å². The molecule has 0 aliphatic heterocycles. The molecule has 1 aromatic heterocycles. The van der Waals surface area contributed by atoms with E-state index in [0.717, 1.165) is 13.0 Å². The fourth-order valence-corrected chi connectivity index (χ4v) is 1.50. The van der Waals surface area contributed by atoms with Crippen molar-refractivity contribution < 1.29 is 0 Å². The summed E-state index contributed by atoms with van der Waals surface area (Å²) in [7, 11) is 1.31. The predicted octanol–water partition coefficient (Wildman–Crippen LogP) is 1.77. The number of rotatable bonds is 2. The van der Waals surface area contributed by atoms with Gasteiger partial charge in [-0.1, -0.05) is 26.4 Å². The van der Waals surface area contributed by atoms with E-state index >= 15 is 0 Å². The quantitative estimate of drug-likeness (QED) is 0.663. The standard InChI is InChI=1S/C7H10NP/c8-5-4-7-3-1-2-6-9-7/h1-3,6H,4-5,8H2. The van der Waals surface area contributed by atoms with Crippen molar-refractivity contribution in [1.82, 2.24) is 0 Å². The van der Waals surface area contributed by atoms with Crippen molar-refractivity contribution in [3.63, 3.8) is 0 Å². The first kappa shape index (κ1) is 6.73. The summed E-state index contributed by atoms with van der Waals surface area (Å²) >= 11 is 0. The van der Waals surface area contributed by atoms with Gasteiger partial charge in [0.15, 0.2) is 0 Å². The molecule has 0 atom stereocenters. The summed E-state index contributed by atoms with van der Waals surface area (Å²) in [5.41, 5.74) is 5.38. The number of hydrogen-bond donors (Lipinski definition) is 1. The summed E-state index contributed by atoms with van der Waals surface area (Å²) in [4.78, 5) is 0. The fourth-order valence-electron chi connectivity index (χ4n) is 0.694. The molecule has 0 saturated heterocycles. The van der Waals surface area contributed by atoms with Crippen molar-refractivity contribution in [2.45, 2.75) is 6.42 Å². The Morgan fingerprint density at radius 2 is 2.33 bits per heavy atom. The van der Waals surface area contributed by atoms with Crippen LogP contribution in [0.2, 0.25) is 0 Å². The zero-order chi connectivity index (χ0) is 6.53. The van der Waals surface area contributed by atoms with Gasteiger partial charge in [-0.3, -0.25) is 0 Å². The van der Waals surface area contributed by atoms with E-state index in [2.05, 4.69) is 24.0 Å². The smallest absolute Gasteiger partial charge is 0.00333 e. The lowest BCUT2D eigenvalue weighted by molar-refractivity contribution is 0.988. The average Bonchev–Trinajstić information content (AvgIpc) is 1.91. The van der Waals surface area contributed by atoms with Crippen LogP contribution in [0.5, 0.6) is 0 Å². The Hall–Kier alpha value is -0.390. The molecule has 0 radical (unpaired) electrons. The summed E-state index contributed by atoms with van der Waals surface area (Å²) < 4.78 is 0. The molecule has 0 unspecified atom stereocenters. The average molecular weight is 139 g/mol. The van der Waals surface area contributed by atoms with E-state index in [1.165, 1.54) is 13.5 Å². The first-order valence-electron chi connectivity index (χ1n) is 3.03. The highest BCUT2D eigenvalue weighted by Gasteiger charge is 1.85. The highest BCUT2D eigenvalue weighted by molar-refractivity contribution is 7.29. The van der Waals surface area contributed by atoms with Gasteiger partial charge < -0.3 is 5.73 Å². The molecule has 0 bridgehead atoms. The Kier molecular flexibility index (Phi) is 2.69. The lowest BCUT2D eigenvalue weighted by Crippen LogP contribution is -2.00. The number of hydrogen-bond acceptors (Lipinski definition) is 1. The first-order chi connectivity index (χ1) is 4.43. The van der Waals surface area contributed by atoms with Gasteiger partial charge >= 0.3 is 0 Å². The Morgan fingerprint density at radius 1 is 1.44 bits per heavy atom. The van der Waals surface area contributed by atoms with E-state index in [0.29, 0.717) is 0 Å². The van der Waals surface area contributed by atoms with Crippen molar-refractivity contribution in [2.75, 3.05) is 6.54 Å². The highest BCUT2D eigenvalue weighted by atomic mass is 31.0. The van der Waals surface area contributed by atoms with Crippen molar-refractivity contribution in [1.29, 1.82) is 0 Å². The molecule has 0 fully saturated rings. The zero-order valence-electron chi connectivity index (χ0n) is 5.25. The molecule has 2 N–H and O–H groups in total. The van der Waals surface area contributed by atoms with Gasteiger partial charge in [-0.15, -0.1) is 0 Å². The molecule has 0 saturated carbocycles. The third-order valence-corrected chi connectivity index (χ3v) is 2.15. The largest absolute Gasteiger partial charge is 0.330 e. The molecule has 1 rings (SSSR count). The van der Waals surface area contributed by atoms with E-state index in [4.69, 9.17) is 5.73 Å². The molecule has 0 aliphatic rings. The summed E-state index contributed by atoms with van der Waals surface area (Å²) in [5.74, 6) is 2.13. The monoisotopic (exact) mass is 139 g/mol. The van der Waals surface area contributed by atoms with Crippen LogP contribution < -0.4 is 5.73 Å². The van der Waals surface area contributed by atoms with Crippen LogP contribution in [0, 0.1) is 0 Å². The molecule has 48 valence electrons. The third-order valence-electron chi connectivity index (χ3n) is 1.13. The Balaban J connectivity index is 2.61. The van der Waals surface area contributed by atoms with Crippen molar-refractivity contribution in [3.8, 4) is 0 Å². The van der Waals surface area contributed by atoms with Gasteiger partial charge in [-0.05, 0) is 24.1 Å². The minimum Gasteiger partial charge on any atom is -0.330 e. The molecular weight excluding hydrogens is 129 g/mol. The maximum Gasteiger partial charge on any atom is -0.00333 e. The third kappa shape index (κ3) is 2.13. The van der Waals surface area contributed by atoms with E-state index in [9.17, 15) is 0 Å². The van der Waals surface area contributed by atoms with Crippen LogP contribution in [0.25, 0.3) is 0 Å². The molecule has 2 heteroatoms. The number of nitrogens with two attached hydrogens (primary N) is 1. The van der Waals surface area contributed by atoms with Crippen LogP contribution in [0.4, 0.5) is 0 Å². The van der Waals surface area contributed by atoms with Crippen LogP contribution in [-0.4, -0.2) is 6.54 Å². The maximum absolute atomic E-state index is 5.38. The summed E-state index contributed by atoms with van der Waals surface area (Å²) in [6, 6.07) is 6.25. The van der Waals surface area contributed by atoms with Crippen molar-refractivity contribution in [2.24, 2.45) is 5.73 Å². The van der Waals surface area contributed by atoms with Gasteiger partial charge in [0.05, 0.1) is 0 Å². The second-order valence-corrected chi connectivity index (χ2v) is 2.99. The van der Waals surface area contributed by atoms with Crippen LogP contribution >= 0.6 is 8.19 Å². The summed E-state index contributed by atoms with van der Waals surface area (Å²) in [5, 5.41) is 1.42.